The molecule has 0 saturated carbocycles. The number of benzene rings is 2. The summed E-state index contributed by atoms with van der Waals surface area (Å²) in [5.74, 6) is 6.32. The summed E-state index contributed by atoms with van der Waals surface area (Å²) in [5, 5.41) is 0. The molecule has 78 valence electrons. The molecule has 0 aliphatic carbocycles. The highest BCUT2D eigenvalue weighted by Gasteiger charge is 1.89. The van der Waals surface area contributed by atoms with E-state index in [0.29, 0.717) is 0 Å². The molecule has 2 aromatic rings. The monoisotopic (exact) mass is 430 g/mol. The molecule has 2 rings (SSSR count). The molecule has 2 heteroatoms. The van der Waals surface area contributed by atoms with Crippen LogP contribution in [0, 0.1) is 19.0 Å². The Bertz CT molecular complexity index is 545. The van der Waals surface area contributed by atoms with Crippen molar-refractivity contribution in [3.63, 3.8) is 0 Å². The molecule has 0 atom stereocenters. The van der Waals surface area contributed by atoms with Crippen LogP contribution in [0.25, 0.3) is 0 Å². The summed E-state index contributed by atoms with van der Waals surface area (Å²) in [4.78, 5) is 0. The van der Waals surface area contributed by atoms with E-state index in [0.717, 1.165) is 11.1 Å². The molecule has 0 nitrogen and oxygen atoms in total. The maximum atomic E-state index is 3.16. The molecule has 0 aromatic heterocycles. The fourth-order valence-corrected chi connectivity index (χ4v) is 2.15. The summed E-state index contributed by atoms with van der Waals surface area (Å²) in [7, 11) is 0. The van der Waals surface area contributed by atoms with E-state index >= 15 is 0 Å². The predicted molar refractivity (Wildman–Crippen MR) is 84.3 cm³/mol. The average molecular weight is 430 g/mol. The standard InChI is InChI=1S/C14H8I2/c15-13-8-6-11(7-9-13)4-5-12-2-1-3-14(16)10-12/h1-3,6-10H. The van der Waals surface area contributed by atoms with E-state index in [1.54, 1.807) is 0 Å². The highest BCUT2D eigenvalue weighted by atomic mass is 127. The van der Waals surface area contributed by atoms with Gasteiger partial charge in [0.25, 0.3) is 0 Å². The lowest BCUT2D eigenvalue weighted by Crippen LogP contribution is -1.78. The van der Waals surface area contributed by atoms with Gasteiger partial charge in [-0.1, -0.05) is 17.9 Å². The Morgan fingerprint density at radius 3 is 2.06 bits per heavy atom. The minimum Gasteiger partial charge on any atom is -0.0617 e. The Morgan fingerprint density at radius 2 is 1.38 bits per heavy atom. The second-order valence-corrected chi connectivity index (χ2v) is 5.76. The van der Waals surface area contributed by atoms with Crippen molar-refractivity contribution in [1.82, 2.24) is 0 Å². The highest BCUT2D eigenvalue weighted by Crippen LogP contribution is 2.08. The van der Waals surface area contributed by atoms with Crippen molar-refractivity contribution in [2.45, 2.75) is 0 Å². The van der Waals surface area contributed by atoms with Gasteiger partial charge in [0.15, 0.2) is 0 Å². The highest BCUT2D eigenvalue weighted by molar-refractivity contribution is 14.1. The number of hydrogen-bond donors (Lipinski definition) is 0. The van der Waals surface area contributed by atoms with Crippen LogP contribution in [0.2, 0.25) is 0 Å². The van der Waals surface area contributed by atoms with Crippen molar-refractivity contribution < 1.29 is 0 Å². The molecule has 0 N–H and O–H groups in total. The first-order valence-corrected chi connectivity index (χ1v) is 6.93. The third-order valence-corrected chi connectivity index (χ3v) is 3.41. The van der Waals surface area contributed by atoms with Crippen molar-refractivity contribution in [1.29, 1.82) is 0 Å². The van der Waals surface area contributed by atoms with Crippen molar-refractivity contribution in [3.05, 3.63) is 66.8 Å². The zero-order valence-corrected chi connectivity index (χ0v) is 12.7. The molecule has 0 heterocycles. The fourth-order valence-electron chi connectivity index (χ4n) is 1.24. The summed E-state index contributed by atoms with van der Waals surface area (Å²) in [6.07, 6.45) is 0. The summed E-state index contributed by atoms with van der Waals surface area (Å²) in [6.45, 7) is 0. The van der Waals surface area contributed by atoms with Crippen LogP contribution in [-0.4, -0.2) is 0 Å². The zero-order chi connectivity index (χ0) is 11.4. The van der Waals surface area contributed by atoms with E-state index in [2.05, 4.69) is 81.3 Å². The number of halogens is 2. The number of rotatable bonds is 0. The Labute approximate surface area is 123 Å². The van der Waals surface area contributed by atoms with Crippen molar-refractivity contribution in [2.24, 2.45) is 0 Å². The fraction of sp³-hybridized carbons (Fsp3) is 0. The minimum atomic E-state index is 1.05. The van der Waals surface area contributed by atoms with E-state index in [-0.39, 0.29) is 0 Å². The predicted octanol–water partition coefficient (Wildman–Crippen LogP) is 4.30. The van der Waals surface area contributed by atoms with Crippen LogP contribution >= 0.6 is 45.2 Å². The first-order valence-electron chi connectivity index (χ1n) is 4.77. The number of hydrogen-bond acceptors (Lipinski definition) is 0. The van der Waals surface area contributed by atoms with Crippen molar-refractivity contribution in [2.75, 3.05) is 0 Å². The van der Waals surface area contributed by atoms with Gasteiger partial charge in [0.1, 0.15) is 0 Å². The normalized spacial score (nSPS) is 9.38. The van der Waals surface area contributed by atoms with Crippen LogP contribution in [0.3, 0.4) is 0 Å². The van der Waals surface area contributed by atoms with Crippen molar-refractivity contribution in [3.8, 4) is 11.8 Å². The van der Waals surface area contributed by atoms with E-state index in [4.69, 9.17) is 0 Å². The molecule has 0 aliphatic rings. The van der Waals surface area contributed by atoms with Crippen LogP contribution in [0.5, 0.6) is 0 Å². The molecule has 16 heavy (non-hydrogen) atoms. The molecule has 2 aromatic carbocycles. The van der Waals surface area contributed by atoms with Crippen LogP contribution in [0.15, 0.2) is 48.5 Å². The SMILES string of the molecule is Ic1ccc(C#Cc2cccc(I)c2)cc1. The maximum Gasteiger partial charge on any atom is 0.0259 e. The van der Waals surface area contributed by atoms with Crippen LogP contribution in [0.1, 0.15) is 11.1 Å². The molecule has 0 spiro atoms. The molecule has 0 fully saturated rings. The Morgan fingerprint density at radius 1 is 0.688 bits per heavy atom. The summed E-state index contributed by atoms with van der Waals surface area (Å²) < 4.78 is 2.45. The summed E-state index contributed by atoms with van der Waals surface area (Å²) in [6, 6.07) is 16.4. The average Bonchev–Trinajstić information content (AvgIpc) is 2.28. The lowest BCUT2D eigenvalue weighted by molar-refractivity contribution is 1.58. The molecule has 0 saturated heterocycles. The molecule has 0 amide bonds. The van der Waals surface area contributed by atoms with Gasteiger partial charge in [0, 0.05) is 18.3 Å². The summed E-state index contributed by atoms with van der Waals surface area (Å²) in [5.41, 5.74) is 2.12. The largest absolute Gasteiger partial charge is 0.0617 e. The smallest absolute Gasteiger partial charge is 0.0259 e. The quantitative estimate of drug-likeness (QED) is 0.432. The van der Waals surface area contributed by atoms with Crippen LogP contribution in [0.4, 0.5) is 0 Å². The Kier molecular flexibility index (Phi) is 4.24. The van der Waals surface area contributed by atoms with Gasteiger partial charge in [-0.2, -0.15) is 0 Å². The second-order valence-electron chi connectivity index (χ2n) is 3.27. The first-order chi connectivity index (χ1) is 7.74. The van der Waals surface area contributed by atoms with Gasteiger partial charge in [-0.15, -0.1) is 0 Å². The molecule has 0 bridgehead atoms. The lowest BCUT2D eigenvalue weighted by atomic mass is 10.2. The third-order valence-electron chi connectivity index (χ3n) is 2.02. The summed E-state index contributed by atoms with van der Waals surface area (Å²) >= 11 is 4.59. The molecule has 0 aliphatic heterocycles. The molecule has 0 unspecified atom stereocenters. The van der Waals surface area contributed by atoms with Gasteiger partial charge in [0.05, 0.1) is 0 Å². The topological polar surface area (TPSA) is 0 Å². The van der Waals surface area contributed by atoms with Gasteiger partial charge < -0.3 is 0 Å². The second kappa shape index (κ2) is 5.69. The van der Waals surface area contributed by atoms with Crippen LogP contribution in [-0.2, 0) is 0 Å². The van der Waals surface area contributed by atoms with E-state index in [1.807, 2.05) is 24.3 Å². The first kappa shape index (κ1) is 11.9. The van der Waals surface area contributed by atoms with Crippen LogP contribution < -0.4 is 0 Å². The van der Waals surface area contributed by atoms with Gasteiger partial charge in [-0.25, -0.2) is 0 Å². The Hall–Kier alpha value is -0.540. The third kappa shape index (κ3) is 3.49. The van der Waals surface area contributed by atoms with Gasteiger partial charge in [-0.05, 0) is 87.6 Å². The minimum absolute atomic E-state index is 1.05. The van der Waals surface area contributed by atoms with Gasteiger partial charge >= 0.3 is 0 Å². The van der Waals surface area contributed by atoms with E-state index < -0.39 is 0 Å². The lowest BCUT2D eigenvalue weighted by Gasteiger charge is -1.92. The van der Waals surface area contributed by atoms with Gasteiger partial charge in [0.2, 0.25) is 0 Å². The van der Waals surface area contributed by atoms with Gasteiger partial charge in [-0.3, -0.25) is 0 Å². The molecular formula is C14H8I2. The van der Waals surface area contributed by atoms with Crippen molar-refractivity contribution >= 4 is 45.2 Å². The maximum absolute atomic E-state index is 3.16. The zero-order valence-electron chi connectivity index (χ0n) is 8.37. The van der Waals surface area contributed by atoms with E-state index in [1.165, 1.54) is 7.14 Å². The molecular weight excluding hydrogens is 422 g/mol. The Balaban J connectivity index is 2.25. The van der Waals surface area contributed by atoms with E-state index in [9.17, 15) is 0 Å². The molecule has 0 radical (unpaired) electrons.